The van der Waals surface area contributed by atoms with Crippen LogP contribution < -0.4 is 26.6 Å². The summed E-state index contributed by atoms with van der Waals surface area (Å²) in [5.74, 6) is -1.02. The van der Waals surface area contributed by atoms with Gasteiger partial charge in [-0.05, 0) is 91.6 Å². The highest BCUT2D eigenvalue weighted by atomic mass is 16.6. The number of para-hydroxylation sites is 2. The third-order valence-electron chi connectivity index (χ3n) is 13.5. The average Bonchev–Trinajstić information content (AvgIpc) is 4.07. The number of primary amides is 2. The molecule has 18 nitrogen and oxygen atoms in total. The summed E-state index contributed by atoms with van der Waals surface area (Å²) in [5.41, 5.74) is 23.8. The molecule has 0 aliphatic carbocycles. The second-order valence-electron chi connectivity index (χ2n) is 19.5. The van der Waals surface area contributed by atoms with Crippen molar-refractivity contribution < 1.29 is 19.1 Å². The maximum atomic E-state index is 12.4. The van der Waals surface area contributed by atoms with E-state index in [0.29, 0.717) is 40.9 Å². The number of carbonyl (C=O) groups is 3. The number of carbonyl (C=O) groups excluding carboxylic acids is 3. The summed E-state index contributed by atoms with van der Waals surface area (Å²) < 4.78 is 9.06. The highest BCUT2D eigenvalue weighted by Crippen LogP contribution is 2.34. The van der Waals surface area contributed by atoms with Crippen LogP contribution in [0.5, 0.6) is 0 Å². The summed E-state index contributed by atoms with van der Waals surface area (Å²) >= 11 is 0. The van der Waals surface area contributed by atoms with Gasteiger partial charge >= 0.3 is 6.09 Å². The monoisotopic (exact) mass is 998 g/mol. The number of nitrogens with two attached hydrogens (primary N) is 2. The molecular weight excluding hydrogens is 945 g/mol. The van der Waals surface area contributed by atoms with Crippen LogP contribution >= 0.6 is 0 Å². The first-order valence-electron chi connectivity index (χ1n) is 24.8. The molecular formula is C57H54N14O4. The largest absolute Gasteiger partial charge is 0.444 e. The highest BCUT2D eigenvalue weighted by Gasteiger charge is 2.26. The Bertz CT molecular complexity index is 3780. The van der Waals surface area contributed by atoms with E-state index in [2.05, 4.69) is 83.8 Å². The molecule has 0 unspecified atom stereocenters. The number of hydrogen-bond donors (Lipinski definition) is 3. The first-order chi connectivity index (χ1) is 36.4. The van der Waals surface area contributed by atoms with Gasteiger partial charge in [0, 0.05) is 134 Å². The van der Waals surface area contributed by atoms with Gasteiger partial charge in [0.2, 0.25) is 0 Å². The second-order valence-corrected chi connectivity index (χ2v) is 19.5. The van der Waals surface area contributed by atoms with Gasteiger partial charge in [-0.15, -0.1) is 0 Å². The maximum absolute atomic E-state index is 12.4. The van der Waals surface area contributed by atoms with E-state index < -0.39 is 17.4 Å². The van der Waals surface area contributed by atoms with Crippen LogP contribution in [0.25, 0.3) is 77.6 Å². The average molecular weight is 999 g/mol. The van der Waals surface area contributed by atoms with E-state index in [-0.39, 0.29) is 6.09 Å². The van der Waals surface area contributed by atoms with Crippen LogP contribution in [0, 0.1) is 0 Å². The molecule has 2 saturated heterocycles. The number of rotatable bonds is 8. The van der Waals surface area contributed by atoms with Gasteiger partial charge in [0.25, 0.3) is 11.8 Å². The van der Waals surface area contributed by atoms with Crippen LogP contribution in [0.3, 0.4) is 0 Å². The molecule has 0 bridgehead atoms. The fourth-order valence-electron chi connectivity index (χ4n) is 9.77. The van der Waals surface area contributed by atoms with Crippen LogP contribution in [0.15, 0.2) is 147 Å². The van der Waals surface area contributed by atoms with Gasteiger partial charge in [-0.1, -0.05) is 48.5 Å². The van der Waals surface area contributed by atoms with Crippen molar-refractivity contribution in [3.05, 3.63) is 158 Å². The number of benzene rings is 4. The predicted octanol–water partition coefficient (Wildman–Crippen LogP) is 7.89. The maximum Gasteiger partial charge on any atom is 0.410 e. The van der Waals surface area contributed by atoms with E-state index in [9.17, 15) is 14.4 Å². The Kier molecular flexibility index (Phi) is 12.8. The van der Waals surface area contributed by atoms with Crippen molar-refractivity contribution in [1.82, 2.24) is 49.4 Å². The van der Waals surface area contributed by atoms with E-state index in [0.717, 1.165) is 106 Å². The Morgan fingerprint density at radius 2 is 0.973 bits per heavy atom. The summed E-state index contributed by atoms with van der Waals surface area (Å²) in [7, 11) is 0. The number of nitrogens with one attached hydrogen (secondary N) is 1. The topological polar surface area (TPSA) is 220 Å². The van der Waals surface area contributed by atoms with E-state index in [1.807, 2.05) is 75.9 Å². The number of amides is 3. The van der Waals surface area contributed by atoms with Crippen LogP contribution in [0.1, 0.15) is 41.5 Å². The first kappa shape index (κ1) is 48.0. The Morgan fingerprint density at radius 1 is 0.520 bits per heavy atom. The molecule has 3 amide bonds. The fourth-order valence-corrected chi connectivity index (χ4v) is 9.77. The Balaban J connectivity index is 0.000000163. The van der Waals surface area contributed by atoms with Crippen molar-refractivity contribution >= 4 is 62.4 Å². The molecule has 4 aromatic carbocycles. The molecule has 0 radical (unpaired) electrons. The van der Waals surface area contributed by atoms with Crippen LogP contribution in [0.2, 0.25) is 0 Å². The summed E-state index contributed by atoms with van der Waals surface area (Å²) in [5, 5.41) is 14.2. The molecule has 18 heteroatoms. The van der Waals surface area contributed by atoms with E-state index in [1.165, 1.54) is 5.69 Å². The third-order valence-corrected chi connectivity index (χ3v) is 13.5. The van der Waals surface area contributed by atoms with Crippen LogP contribution in [0.4, 0.5) is 16.2 Å². The van der Waals surface area contributed by atoms with Crippen LogP contribution in [-0.2, 0) is 4.74 Å². The van der Waals surface area contributed by atoms with Gasteiger partial charge in [0.15, 0.2) is 11.3 Å². The van der Waals surface area contributed by atoms with Crippen molar-refractivity contribution in [3.63, 3.8) is 0 Å². The lowest BCUT2D eigenvalue weighted by Gasteiger charge is -2.36. The SMILES string of the molecule is CC(C)(C)OC(=O)N1CCN(c2ccc(-c3cnc4c(-c5ccnc6c(C(N)=O)cccc56)cnn4c3)cc2)CC1.NC(=O)c1cccc2c(-c3cnn4cc(-c5ccc(N6CCNCC6)cc5)cnc34)ccnc12. The molecule has 0 spiro atoms. The van der Waals surface area contributed by atoms with Crippen LogP contribution in [-0.4, -0.2) is 120 Å². The minimum Gasteiger partial charge on any atom is -0.444 e. The lowest BCUT2D eigenvalue weighted by molar-refractivity contribution is 0.0240. The zero-order chi connectivity index (χ0) is 51.8. The van der Waals surface area contributed by atoms with E-state index >= 15 is 0 Å². The number of pyridine rings is 2. The van der Waals surface area contributed by atoms with Gasteiger partial charge in [-0.3, -0.25) is 19.6 Å². The van der Waals surface area contributed by atoms with Crippen molar-refractivity contribution in [3.8, 4) is 44.5 Å². The number of fused-ring (bicyclic) bond motifs is 4. The third kappa shape index (κ3) is 9.73. The molecule has 6 aromatic heterocycles. The van der Waals surface area contributed by atoms with Crippen molar-refractivity contribution in [2.45, 2.75) is 26.4 Å². The minimum atomic E-state index is -0.517. The molecule has 5 N–H and O–H groups in total. The lowest BCUT2D eigenvalue weighted by atomic mass is 10.0. The molecule has 8 heterocycles. The predicted molar refractivity (Wildman–Crippen MR) is 290 cm³/mol. The molecule has 376 valence electrons. The smallest absolute Gasteiger partial charge is 0.410 e. The quantitative estimate of drug-likeness (QED) is 0.132. The Morgan fingerprint density at radius 3 is 1.41 bits per heavy atom. The van der Waals surface area contributed by atoms with Crippen molar-refractivity contribution in [2.75, 3.05) is 62.2 Å². The molecule has 75 heavy (non-hydrogen) atoms. The number of ether oxygens (including phenoxy) is 1. The molecule has 10 aromatic rings. The second kappa shape index (κ2) is 20.0. The van der Waals surface area contributed by atoms with Gasteiger partial charge in [0.05, 0.1) is 34.6 Å². The van der Waals surface area contributed by atoms with Gasteiger partial charge in [-0.2, -0.15) is 10.2 Å². The molecule has 0 saturated carbocycles. The lowest BCUT2D eigenvalue weighted by Crippen LogP contribution is -2.50. The fraction of sp³-hybridized carbons (Fsp3) is 0.211. The number of nitrogens with zero attached hydrogens (tertiary/aromatic N) is 11. The molecule has 0 atom stereocenters. The zero-order valence-electron chi connectivity index (χ0n) is 41.7. The highest BCUT2D eigenvalue weighted by molar-refractivity contribution is 6.10. The van der Waals surface area contributed by atoms with Crippen molar-refractivity contribution in [2.24, 2.45) is 11.5 Å². The Hall–Kier alpha value is -9.29. The molecule has 2 fully saturated rings. The number of aromatic nitrogens is 8. The normalized spacial score (nSPS) is 14.0. The van der Waals surface area contributed by atoms with Gasteiger partial charge in [0.1, 0.15) is 5.60 Å². The van der Waals surface area contributed by atoms with Gasteiger partial charge < -0.3 is 36.2 Å². The number of hydrogen-bond acceptors (Lipinski definition) is 13. The zero-order valence-corrected chi connectivity index (χ0v) is 41.7. The summed E-state index contributed by atoms with van der Waals surface area (Å²) in [6, 6.07) is 31.6. The van der Waals surface area contributed by atoms with Gasteiger partial charge in [-0.25, -0.2) is 23.8 Å². The summed E-state index contributed by atoms with van der Waals surface area (Å²) in [4.78, 5) is 60.9. The Labute approximate surface area is 431 Å². The standard InChI is InChI=1S/C31H31N7O3.C26H23N7O/c1-31(2,3)41-30(40)37-15-13-36(14-16-37)22-9-7-20(8-10-22)21-17-34-29-26(18-35-38(29)19-21)23-11-12-33-27-24(23)5-4-6-25(27)28(32)39;27-25(34)22-3-1-2-21-20(8-9-29-24(21)22)23-15-31-33-16-18(14-30-26(23)33)17-4-6-19(7-5-17)32-12-10-28-11-13-32/h4-12,17-19H,13-16H2,1-3H3,(H2,32,39);1-9,14-16,28H,10-13H2,(H2,27,34). The number of piperazine rings is 2. The summed E-state index contributed by atoms with van der Waals surface area (Å²) in [6.07, 6.45) is 14.3. The first-order valence-corrected chi connectivity index (χ1v) is 24.8. The van der Waals surface area contributed by atoms with E-state index in [4.69, 9.17) is 26.2 Å². The summed E-state index contributed by atoms with van der Waals surface area (Å²) in [6.45, 7) is 12.4. The van der Waals surface area contributed by atoms with E-state index in [1.54, 1.807) is 56.9 Å². The molecule has 2 aliphatic rings. The minimum absolute atomic E-state index is 0.260. The van der Waals surface area contributed by atoms with Crippen molar-refractivity contribution in [1.29, 1.82) is 0 Å². The number of anilines is 2. The molecule has 2 aliphatic heterocycles. The molecule has 12 rings (SSSR count).